The maximum atomic E-state index is 13.2. The molecule has 1 fully saturated rings. The standard InChI is InChI=1S/C30H26N4O4/c1-2-37-26-12-6-9-21-19-24(30(36)38-28(21)26)29(35)34-17-15-33(16-18-34)27-14-13-25(31-32-27)23-11-5-8-20-7-3-4-10-22(20)23/h3-14,19H,2,15-18H2,1H3. The molecule has 0 N–H and O–H groups in total. The van der Waals surface area contributed by atoms with E-state index in [0.29, 0.717) is 49.5 Å². The van der Waals surface area contributed by atoms with Gasteiger partial charge in [-0.2, -0.15) is 0 Å². The van der Waals surface area contributed by atoms with Gasteiger partial charge in [-0.05, 0) is 42.0 Å². The van der Waals surface area contributed by atoms with E-state index in [1.807, 2.05) is 43.3 Å². The van der Waals surface area contributed by atoms with E-state index in [9.17, 15) is 9.59 Å². The fraction of sp³-hybridized carbons (Fsp3) is 0.200. The fourth-order valence-electron chi connectivity index (χ4n) is 4.93. The molecule has 0 unspecified atom stereocenters. The van der Waals surface area contributed by atoms with Gasteiger partial charge < -0.3 is 19.0 Å². The fourth-order valence-corrected chi connectivity index (χ4v) is 4.93. The molecule has 0 radical (unpaired) electrons. The number of anilines is 1. The summed E-state index contributed by atoms with van der Waals surface area (Å²) in [7, 11) is 0. The molecule has 6 rings (SSSR count). The highest BCUT2D eigenvalue weighted by molar-refractivity contribution is 5.98. The Balaban J connectivity index is 1.16. The zero-order valence-corrected chi connectivity index (χ0v) is 21.0. The minimum atomic E-state index is -0.660. The average molecular weight is 507 g/mol. The van der Waals surface area contributed by atoms with Gasteiger partial charge in [-0.25, -0.2) is 4.79 Å². The lowest BCUT2D eigenvalue weighted by atomic mass is 10.0. The Morgan fingerprint density at radius 3 is 2.45 bits per heavy atom. The molecule has 0 bridgehead atoms. The molecular weight excluding hydrogens is 480 g/mol. The van der Waals surface area contributed by atoms with Crippen LogP contribution in [-0.2, 0) is 0 Å². The number of hydrogen-bond acceptors (Lipinski definition) is 7. The molecule has 8 heteroatoms. The third-order valence-electron chi connectivity index (χ3n) is 6.86. The van der Waals surface area contributed by atoms with E-state index in [0.717, 1.165) is 27.8 Å². The van der Waals surface area contributed by atoms with Gasteiger partial charge in [0.2, 0.25) is 0 Å². The van der Waals surface area contributed by atoms with E-state index in [-0.39, 0.29) is 11.5 Å². The van der Waals surface area contributed by atoms with Crippen LogP contribution >= 0.6 is 0 Å². The highest BCUT2D eigenvalue weighted by Gasteiger charge is 2.26. The number of fused-ring (bicyclic) bond motifs is 2. The summed E-state index contributed by atoms with van der Waals surface area (Å²) in [6.45, 7) is 4.40. The first-order valence-corrected chi connectivity index (χ1v) is 12.7. The molecule has 1 aliphatic heterocycles. The number of para-hydroxylation sites is 1. The van der Waals surface area contributed by atoms with Gasteiger partial charge in [0.1, 0.15) is 5.56 Å². The summed E-state index contributed by atoms with van der Waals surface area (Å²) < 4.78 is 11.0. The largest absolute Gasteiger partial charge is 0.490 e. The number of carbonyl (C=O) groups is 1. The third-order valence-corrected chi connectivity index (χ3v) is 6.86. The molecule has 8 nitrogen and oxygen atoms in total. The van der Waals surface area contributed by atoms with Gasteiger partial charge in [-0.1, -0.05) is 54.6 Å². The van der Waals surface area contributed by atoms with Gasteiger partial charge in [0.15, 0.2) is 17.2 Å². The van der Waals surface area contributed by atoms with Crippen molar-refractivity contribution < 1.29 is 13.9 Å². The van der Waals surface area contributed by atoms with Crippen molar-refractivity contribution in [3.63, 3.8) is 0 Å². The second kappa shape index (κ2) is 9.97. The number of nitrogens with zero attached hydrogens (tertiary/aromatic N) is 4. The molecule has 0 atom stereocenters. The number of carbonyl (C=O) groups excluding carboxylic acids is 1. The van der Waals surface area contributed by atoms with E-state index in [4.69, 9.17) is 9.15 Å². The van der Waals surface area contributed by atoms with E-state index < -0.39 is 5.63 Å². The summed E-state index contributed by atoms with van der Waals surface area (Å²) >= 11 is 0. The van der Waals surface area contributed by atoms with Crippen molar-refractivity contribution in [2.75, 3.05) is 37.7 Å². The van der Waals surface area contributed by atoms with Gasteiger partial charge in [-0.15, -0.1) is 10.2 Å². The van der Waals surface area contributed by atoms with Gasteiger partial charge in [0.25, 0.3) is 5.91 Å². The summed E-state index contributed by atoms with van der Waals surface area (Å²) in [5.74, 6) is 0.913. The van der Waals surface area contributed by atoms with Crippen LogP contribution in [0.3, 0.4) is 0 Å². The van der Waals surface area contributed by atoms with Crippen LogP contribution in [0.1, 0.15) is 17.3 Å². The summed E-state index contributed by atoms with van der Waals surface area (Å²) in [4.78, 5) is 29.7. The number of benzene rings is 3. The Bertz CT molecular complexity index is 1680. The molecule has 2 aromatic heterocycles. The Kier molecular flexibility index (Phi) is 6.21. The lowest BCUT2D eigenvalue weighted by Crippen LogP contribution is -2.49. The van der Waals surface area contributed by atoms with E-state index in [1.165, 1.54) is 0 Å². The van der Waals surface area contributed by atoms with E-state index in [1.54, 1.807) is 23.1 Å². The number of aromatic nitrogens is 2. The first kappa shape index (κ1) is 23.7. The minimum absolute atomic E-state index is 0.0267. The Morgan fingerprint density at radius 1 is 0.895 bits per heavy atom. The quantitative estimate of drug-likeness (QED) is 0.318. The molecular formula is C30H26N4O4. The molecule has 1 saturated heterocycles. The van der Waals surface area contributed by atoms with Crippen molar-refractivity contribution in [2.24, 2.45) is 0 Å². The molecule has 0 spiro atoms. The molecule has 0 saturated carbocycles. The number of amides is 1. The van der Waals surface area contributed by atoms with Crippen LogP contribution in [0.2, 0.25) is 0 Å². The van der Waals surface area contributed by atoms with Crippen molar-refractivity contribution in [3.8, 4) is 17.0 Å². The Hall–Kier alpha value is -4.72. The molecule has 0 aliphatic carbocycles. The first-order valence-electron chi connectivity index (χ1n) is 12.7. The van der Waals surface area contributed by atoms with Crippen molar-refractivity contribution in [3.05, 3.63) is 94.8 Å². The normalized spacial score (nSPS) is 13.7. The summed E-state index contributed by atoms with van der Waals surface area (Å²) in [5.41, 5.74) is 1.58. The molecule has 190 valence electrons. The zero-order valence-electron chi connectivity index (χ0n) is 21.0. The molecule has 1 aliphatic rings. The van der Waals surface area contributed by atoms with Crippen LogP contribution < -0.4 is 15.3 Å². The van der Waals surface area contributed by atoms with Crippen molar-refractivity contribution in [1.29, 1.82) is 0 Å². The molecule has 5 aromatic rings. The second-order valence-electron chi connectivity index (χ2n) is 9.14. The lowest BCUT2D eigenvalue weighted by Gasteiger charge is -2.35. The maximum Gasteiger partial charge on any atom is 0.349 e. The summed E-state index contributed by atoms with van der Waals surface area (Å²) in [6.07, 6.45) is 0. The highest BCUT2D eigenvalue weighted by Crippen LogP contribution is 2.28. The van der Waals surface area contributed by atoms with Gasteiger partial charge >= 0.3 is 5.63 Å². The van der Waals surface area contributed by atoms with Crippen LogP contribution in [0.15, 0.2) is 88.1 Å². The zero-order chi connectivity index (χ0) is 26.1. The Labute approximate surface area is 219 Å². The predicted octanol–water partition coefficient (Wildman–Crippen LogP) is 4.76. The van der Waals surface area contributed by atoms with Crippen LogP contribution in [0.5, 0.6) is 5.75 Å². The predicted molar refractivity (Wildman–Crippen MR) is 147 cm³/mol. The van der Waals surface area contributed by atoms with Gasteiger partial charge in [0, 0.05) is 37.1 Å². The molecule has 3 heterocycles. The summed E-state index contributed by atoms with van der Waals surface area (Å²) in [6, 6.07) is 25.3. The van der Waals surface area contributed by atoms with Crippen molar-refractivity contribution >= 4 is 33.5 Å². The minimum Gasteiger partial charge on any atom is -0.490 e. The average Bonchev–Trinajstić information content (AvgIpc) is 2.97. The SMILES string of the molecule is CCOc1cccc2cc(C(=O)N3CCN(c4ccc(-c5cccc6ccccc56)nn4)CC3)c(=O)oc12. The number of ether oxygens (including phenoxy) is 1. The van der Waals surface area contributed by atoms with Crippen LogP contribution in [0.4, 0.5) is 5.82 Å². The first-order chi connectivity index (χ1) is 18.6. The number of hydrogen-bond donors (Lipinski definition) is 0. The highest BCUT2D eigenvalue weighted by atomic mass is 16.5. The van der Waals surface area contributed by atoms with Crippen LogP contribution in [0, 0.1) is 0 Å². The van der Waals surface area contributed by atoms with Crippen molar-refractivity contribution in [1.82, 2.24) is 15.1 Å². The molecule has 1 amide bonds. The van der Waals surface area contributed by atoms with Gasteiger partial charge in [-0.3, -0.25) is 4.79 Å². The monoisotopic (exact) mass is 506 g/mol. The molecule has 38 heavy (non-hydrogen) atoms. The van der Waals surface area contributed by atoms with Crippen LogP contribution in [-0.4, -0.2) is 53.8 Å². The number of piperazine rings is 1. The lowest BCUT2D eigenvalue weighted by molar-refractivity contribution is 0.0742. The van der Waals surface area contributed by atoms with Crippen molar-refractivity contribution in [2.45, 2.75) is 6.92 Å². The van der Waals surface area contributed by atoms with Gasteiger partial charge in [0.05, 0.1) is 12.3 Å². The summed E-state index contributed by atoms with van der Waals surface area (Å²) in [5, 5.41) is 11.9. The third kappa shape index (κ3) is 4.34. The molecule has 3 aromatic carbocycles. The second-order valence-corrected chi connectivity index (χ2v) is 9.14. The maximum absolute atomic E-state index is 13.2. The number of rotatable bonds is 5. The Morgan fingerprint density at radius 2 is 1.66 bits per heavy atom. The van der Waals surface area contributed by atoms with E-state index in [2.05, 4.69) is 39.4 Å². The topological polar surface area (TPSA) is 88.8 Å². The van der Waals surface area contributed by atoms with E-state index >= 15 is 0 Å². The smallest absolute Gasteiger partial charge is 0.349 e. The van der Waals surface area contributed by atoms with Crippen LogP contribution in [0.25, 0.3) is 33.0 Å².